The largest absolute Gasteiger partial charge is 0.491 e. The molecule has 0 radical (unpaired) electrons. The molecule has 2 aromatic carbocycles. The Morgan fingerprint density at radius 3 is 2.24 bits per heavy atom. The van der Waals surface area contributed by atoms with E-state index in [2.05, 4.69) is 67.1 Å². The Kier molecular flexibility index (Phi) is 5.39. The van der Waals surface area contributed by atoms with Gasteiger partial charge >= 0.3 is 0 Å². The number of fused-ring (bicyclic) bond motifs is 1. The van der Waals surface area contributed by atoms with Crippen LogP contribution in [0.3, 0.4) is 0 Å². The molecule has 0 saturated carbocycles. The molecule has 0 aliphatic heterocycles. The standard InChI is InChI=1S/C26H28N2O/c1-5-19-8-7-9-20(6-2)26(19)24-16-21-14-15-28(25(21)17-27-24)22-10-12-23(13-11-22)29-18(3)4/h7-18H,5-6H2,1-4H3. The highest BCUT2D eigenvalue weighted by atomic mass is 16.5. The molecule has 2 heterocycles. The molecule has 4 rings (SSSR count). The Balaban J connectivity index is 1.74. The first-order chi connectivity index (χ1) is 14.1. The second-order valence-electron chi connectivity index (χ2n) is 7.63. The molecule has 0 spiro atoms. The van der Waals surface area contributed by atoms with E-state index in [1.165, 1.54) is 22.1 Å². The highest BCUT2D eigenvalue weighted by Crippen LogP contribution is 2.31. The third kappa shape index (κ3) is 3.77. The van der Waals surface area contributed by atoms with Gasteiger partial charge in [0.05, 0.1) is 23.5 Å². The molecule has 0 atom stereocenters. The van der Waals surface area contributed by atoms with E-state index in [-0.39, 0.29) is 6.10 Å². The number of ether oxygens (including phenoxy) is 1. The van der Waals surface area contributed by atoms with Gasteiger partial charge in [-0.15, -0.1) is 0 Å². The maximum Gasteiger partial charge on any atom is 0.119 e. The Bertz CT molecular complexity index is 1100. The molecule has 148 valence electrons. The fourth-order valence-corrected chi connectivity index (χ4v) is 3.92. The molecule has 0 saturated heterocycles. The van der Waals surface area contributed by atoms with Gasteiger partial charge < -0.3 is 9.30 Å². The lowest BCUT2D eigenvalue weighted by Crippen LogP contribution is -2.05. The lowest BCUT2D eigenvalue weighted by Gasteiger charge is -2.13. The van der Waals surface area contributed by atoms with Gasteiger partial charge in [-0.05, 0) is 74.2 Å². The summed E-state index contributed by atoms with van der Waals surface area (Å²) in [6.07, 6.45) is 6.30. The van der Waals surface area contributed by atoms with Gasteiger partial charge in [-0.25, -0.2) is 0 Å². The first-order valence-electron chi connectivity index (χ1n) is 10.5. The minimum atomic E-state index is 0.176. The minimum Gasteiger partial charge on any atom is -0.491 e. The summed E-state index contributed by atoms with van der Waals surface area (Å²) in [6, 6.07) is 19.2. The van der Waals surface area contributed by atoms with Gasteiger partial charge in [0.15, 0.2) is 0 Å². The predicted molar refractivity (Wildman–Crippen MR) is 121 cm³/mol. The topological polar surface area (TPSA) is 27.1 Å². The molecule has 4 aromatic rings. The van der Waals surface area contributed by atoms with E-state index in [0.717, 1.165) is 35.5 Å². The van der Waals surface area contributed by atoms with Crippen LogP contribution < -0.4 is 4.74 Å². The van der Waals surface area contributed by atoms with Gasteiger partial charge in [0.25, 0.3) is 0 Å². The van der Waals surface area contributed by atoms with Gasteiger partial charge in [-0.2, -0.15) is 0 Å². The van der Waals surface area contributed by atoms with Crippen LogP contribution in [-0.4, -0.2) is 15.7 Å². The minimum absolute atomic E-state index is 0.176. The van der Waals surface area contributed by atoms with Crippen molar-refractivity contribution in [3.05, 3.63) is 78.1 Å². The van der Waals surface area contributed by atoms with Gasteiger partial charge in [-0.3, -0.25) is 4.98 Å². The summed E-state index contributed by atoms with van der Waals surface area (Å²) < 4.78 is 7.94. The van der Waals surface area contributed by atoms with Crippen LogP contribution in [0.2, 0.25) is 0 Å². The van der Waals surface area contributed by atoms with E-state index in [9.17, 15) is 0 Å². The Morgan fingerprint density at radius 2 is 1.62 bits per heavy atom. The van der Waals surface area contributed by atoms with E-state index in [4.69, 9.17) is 9.72 Å². The number of aromatic nitrogens is 2. The molecule has 2 aromatic heterocycles. The van der Waals surface area contributed by atoms with Crippen LogP contribution in [0.15, 0.2) is 67.0 Å². The molecule has 0 unspecified atom stereocenters. The van der Waals surface area contributed by atoms with E-state index in [1.807, 2.05) is 32.2 Å². The number of pyridine rings is 1. The van der Waals surface area contributed by atoms with Gasteiger partial charge in [0.2, 0.25) is 0 Å². The van der Waals surface area contributed by atoms with Crippen LogP contribution >= 0.6 is 0 Å². The summed E-state index contributed by atoms with van der Waals surface area (Å²) in [5, 5.41) is 1.20. The summed E-state index contributed by atoms with van der Waals surface area (Å²) in [5.41, 5.74) is 7.28. The lowest BCUT2D eigenvalue weighted by molar-refractivity contribution is 0.242. The summed E-state index contributed by atoms with van der Waals surface area (Å²) in [5.74, 6) is 0.892. The van der Waals surface area contributed by atoms with Crippen molar-refractivity contribution in [1.29, 1.82) is 0 Å². The maximum atomic E-state index is 5.76. The fourth-order valence-electron chi connectivity index (χ4n) is 3.92. The van der Waals surface area contributed by atoms with Crippen molar-refractivity contribution < 1.29 is 4.74 Å². The third-order valence-electron chi connectivity index (χ3n) is 5.32. The third-order valence-corrected chi connectivity index (χ3v) is 5.32. The highest BCUT2D eigenvalue weighted by Gasteiger charge is 2.12. The van der Waals surface area contributed by atoms with E-state index >= 15 is 0 Å². The number of rotatable bonds is 6. The first kappa shape index (κ1) is 19.3. The van der Waals surface area contributed by atoms with Gasteiger partial charge in [0, 0.05) is 22.8 Å². The second-order valence-corrected chi connectivity index (χ2v) is 7.63. The van der Waals surface area contributed by atoms with Crippen molar-refractivity contribution in [2.45, 2.75) is 46.6 Å². The zero-order valence-corrected chi connectivity index (χ0v) is 17.6. The Labute approximate surface area is 173 Å². The molecular weight excluding hydrogens is 356 g/mol. The molecule has 0 amide bonds. The van der Waals surface area contributed by atoms with E-state index < -0.39 is 0 Å². The van der Waals surface area contributed by atoms with Crippen LogP contribution in [0.1, 0.15) is 38.8 Å². The van der Waals surface area contributed by atoms with Crippen LogP contribution in [0.5, 0.6) is 5.75 Å². The molecule has 0 fully saturated rings. The average molecular weight is 385 g/mol. The summed E-state index contributed by atoms with van der Waals surface area (Å²) >= 11 is 0. The maximum absolute atomic E-state index is 5.76. The first-order valence-corrected chi connectivity index (χ1v) is 10.5. The van der Waals surface area contributed by atoms with Crippen molar-refractivity contribution in [2.75, 3.05) is 0 Å². The van der Waals surface area contributed by atoms with E-state index in [1.54, 1.807) is 0 Å². The van der Waals surface area contributed by atoms with Gasteiger partial charge in [0.1, 0.15) is 5.75 Å². The van der Waals surface area contributed by atoms with Crippen LogP contribution in [-0.2, 0) is 12.8 Å². The van der Waals surface area contributed by atoms with Crippen LogP contribution in [0.25, 0.3) is 27.8 Å². The predicted octanol–water partition coefficient (Wildman–Crippen LogP) is 6.60. The van der Waals surface area contributed by atoms with Crippen molar-refractivity contribution in [3.8, 4) is 22.7 Å². The number of benzene rings is 2. The molecule has 0 N–H and O–H groups in total. The lowest BCUT2D eigenvalue weighted by atomic mass is 9.94. The molecule has 29 heavy (non-hydrogen) atoms. The smallest absolute Gasteiger partial charge is 0.119 e. The molecule has 3 nitrogen and oxygen atoms in total. The number of hydrogen-bond donors (Lipinski definition) is 0. The van der Waals surface area contributed by atoms with Gasteiger partial charge in [-0.1, -0.05) is 32.0 Å². The van der Waals surface area contributed by atoms with Crippen LogP contribution in [0, 0.1) is 0 Å². The molecular formula is C26H28N2O. The zero-order chi connectivity index (χ0) is 20.4. The summed E-state index contributed by atoms with van der Waals surface area (Å²) in [7, 11) is 0. The van der Waals surface area contributed by atoms with Crippen molar-refractivity contribution in [2.24, 2.45) is 0 Å². The fraction of sp³-hybridized carbons (Fsp3) is 0.269. The monoisotopic (exact) mass is 384 g/mol. The summed E-state index contributed by atoms with van der Waals surface area (Å²) in [6.45, 7) is 8.49. The second kappa shape index (κ2) is 8.12. The number of hydrogen-bond acceptors (Lipinski definition) is 2. The number of nitrogens with zero attached hydrogens (tertiary/aromatic N) is 2. The van der Waals surface area contributed by atoms with Crippen molar-refractivity contribution >= 4 is 10.9 Å². The zero-order valence-electron chi connectivity index (χ0n) is 17.6. The highest BCUT2D eigenvalue weighted by molar-refractivity contribution is 5.86. The SMILES string of the molecule is CCc1cccc(CC)c1-c1cc2ccn(-c3ccc(OC(C)C)cc3)c2cn1. The molecule has 0 bridgehead atoms. The van der Waals surface area contributed by atoms with Crippen molar-refractivity contribution in [3.63, 3.8) is 0 Å². The Hall–Kier alpha value is -3.07. The number of aryl methyl sites for hydroxylation is 2. The molecule has 0 aliphatic carbocycles. The average Bonchev–Trinajstić information content (AvgIpc) is 3.16. The quantitative estimate of drug-likeness (QED) is 0.374. The molecule has 0 aliphatic rings. The van der Waals surface area contributed by atoms with E-state index in [0.29, 0.717) is 0 Å². The summed E-state index contributed by atoms with van der Waals surface area (Å²) in [4.78, 5) is 4.86. The van der Waals surface area contributed by atoms with Crippen molar-refractivity contribution in [1.82, 2.24) is 9.55 Å². The Morgan fingerprint density at radius 1 is 0.931 bits per heavy atom. The van der Waals surface area contributed by atoms with Crippen LogP contribution in [0.4, 0.5) is 0 Å². The normalized spacial score (nSPS) is 11.3. The molecule has 3 heteroatoms.